The summed E-state index contributed by atoms with van der Waals surface area (Å²) in [5.74, 6) is 0.177. The smallest absolute Gasteiger partial charge is 0.293 e. The Hall–Kier alpha value is -5.16. The molecule has 37 heavy (non-hydrogen) atoms. The van der Waals surface area contributed by atoms with Gasteiger partial charge in [-0.1, -0.05) is 54.6 Å². The van der Waals surface area contributed by atoms with Crippen molar-refractivity contribution in [2.45, 2.75) is 13.5 Å². The van der Waals surface area contributed by atoms with Crippen LogP contribution in [0.3, 0.4) is 0 Å². The summed E-state index contributed by atoms with van der Waals surface area (Å²) in [5.41, 5.74) is 1.77. The molecule has 0 atom stereocenters. The maximum atomic E-state index is 12.7. The Kier molecular flexibility index (Phi) is 7.45. The quantitative estimate of drug-likeness (QED) is 0.135. The van der Waals surface area contributed by atoms with Crippen molar-refractivity contribution in [2.75, 3.05) is 12.4 Å². The lowest BCUT2D eigenvalue weighted by molar-refractivity contribution is -0.384. The zero-order valence-electron chi connectivity index (χ0n) is 20.2. The SMILES string of the molecule is COc1cc(/C=C(\C#N)C(=O)Nc2ccc(C)cc2[N+](=O)[O-])ccc1OCc1cccc2ccccc12. The molecule has 0 heterocycles. The minimum absolute atomic E-state index is 0.0107. The number of carbonyl (C=O) groups excluding carboxylic acids is 1. The summed E-state index contributed by atoms with van der Waals surface area (Å²) in [5, 5.41) is 25.6. The number of nitro benzene ring substituents is 1. The number of rotatable bonds is 8. The third-order valence-electron chi connectivity index (χ3n) is 5.73. The molecular formula is C29H23N3O5. The second-order valence-electron chi connectivity index (χ2n) is 8.24. The van der Waals surface area contributed by atoms with Gasteiger partial charge in [0, 0.05) is 6.07 Å². The van der Waals surface area contributed by atoms with Crippen LogP contribution in [0.1, 0.15) is 16.7 Å². The first kappa shape index (κ1) is 24.9. The molecule has 4 rings (SSSR count). The highest BCUT2D eigenvalue weighted by molar-refractivity contribution is 6.10. The second kappa shape index (κ2) is 11.1. The monoisotopic (exact) mass is 493 g/mol. The Morgan fingerprint density at radius 3 is 2.59 bits per heavy atom. The van der Waals surface area contributed by atoms with Gasteiger partial charge in [0.2, 0.25) is 0 Å². The van der Waals surface area contributed by atoms with Crippen LogP contribution in [-0.2, 0) is 11.4 Å². The average molecular weight is 494 g/mol. The fourth-order valence-electron chi connectivity index (χ4n) is 3.87. The Balaban J connectivity index is 1.54. The van der Waals surface area contributed by atoms with Crippen molar-refractivity contribution in [3.05, 3.63) is 111 Å². The van der Waals surface area contributed by atoms with Crippen molar-refractivity contribution in [2.24, 2.45) is 0 Å². The number of benzene rings is 4. The van der Waals surface area contributed by atoms with Crippen molar-refractivity contribution in [3.8, 4) is 17.6 Å². The van der Waals surface area contributed by atoms with Gasteiger partial charge in [0.15, 0.2) is 11.5 Å². The van der Waals surface area contributed by atoms with Gasteiger partial charge in [-0.25, -0.2) is 0 Å². The van der Waals surface area contributed by atoms with E-state index in [1.54, 1.807) is 31.2 Å². The van der Waals surface area contributed by atoms with Crippen molar-refractivity contribution in [1.29, 1.82) is 5.26 Å². The van der Waals surface area contributed by atoms with Crippen molar-refractivity contribution < 1.29 is 19.2 Å². The van der Waals surface area contributed by atoms with Gasteiger partial charge >= 0.3 is 0 Å². The number of fused-ring (bicyclic) bond motifs is 1. The van der Waals surface area contributed by atoms with Crippen molar-refractivity contribution >= 4 is 34.1 Å². The lowest BCUT2D eigenvalue weighted by Gasteiger charge is -2.13. The molecule has 0 saturated heterocycles. The van der Waals surface area contributed by atoms with Gasteiger partial charge in [-0.3, -0.25) is 14.9 Å². The van der Waals surface area contributed by atoms with Gasteiger partial charge in [-0.05, 0) is 58.7 Å². The molecule has 184 valence electrons. The summed E-state index contributed by atoms with van der Waals surface area (Å²) in [6.07, 6.45) is 1.38. The largest absolute Gasteiger partial charge is 0.493 e. The standard InChI is InChI=1S/C29H23N3O5/c1-19-10-12-25(26(14-19)32(34)35)31-29(33)23(17-30)15-20-11-13-27(28(16-20)36-2)37-18-22-8-5-7-21-6-3-4-9-24(21)22/h3-16H,18H2,1-2H3,(H,31,33)/b23-15+. The summed E-state index contributed by atoms with van der Waals surface area (Å²) in [4.78, 5) is 23.5. The normalized spacial score (nSPS) is 11.0. The van der Waals surface area contributed by atoms with E-state index in [9.17, 15) is 20.2 Å². The van der Waals surface area contributed by atoms with Gasteiger partial charge in [-0.2, -0.15) is 5.26 Å². The average Bonchev–Trinajstić information content (AvgIpc) is 2.91. The topological polar surface area (TPSA) is 114 Å². The van der Waals surface area contributed by atoms with E-state index in [-0.39, 0.29) is 16.9 Å². The number of carbonyl (C=O) groups is 1. The molecule has 0 radical (unpaired) electrons. The van der Waals surface area contributed by atoms with Crippen molar-refractivity contribution in [1.82, 2.24) is 0 Å². The van der Waals surface area contributed by atoms with Crippen LogP contribution in [0, 0.1) is 28.4 Å². The summed E-state index contributed by atoms with van der Waals surface area (Å²) >= 11 is 0. The van der Waals surface area contributed by atoms with Crippen LogP contribution >= 0.6 is 0 Å². The maximum absolute atomic E-state index is 12.7. The molecule has 4 aromatic carbocycles. The van der Waals surface area contributed by atoms with Crippen LogP contribution in [0.2, 0.25) is 0 Å². The molecule has 8 heteroatoms. The number of nitrogens with zero attached hydrogens (tertiary/aromatic N) is 2. The number of amides is 1. The van der Waals surface area contributed by atoms with E-state index in [4.69, 9.17) is 9.47 Å². The number of anilines is 1. The third-order valence-corrected chi connectivity index (χ3v) is 5.73. The Morgan fingerprint density at radius 2 is 1.84 bits per heavy atom. The molecule has 8 nitrogen and oxygen atoms in total. The van der Waals surface area contributed by atoms with Crippen LogP contribution in [0.15, 0.2) is 84.4 Å². The summed E-state index contributed by atoms with van der Waals surface area (Å²) in [7, 11) is 1.50. The first-order valence-electron chi connectivity index (χ1n) is 11.3. The first-order valence-corrected chi connectivity index (χ1v) is 11.3. The summed E-state index contributed by atoms with van der Waals surface area (Å²) < 4.78 is 11.5. The van der Waals surface area contributed by atoms with E-state index in [1.807, 2.05) is 48.5 Å². The van der Waals surface area contributed by atoms with Crippen molar-refractivity contribution in [3.63, 3.8) is 0 Å². The number of nitriles is 1. The molecule has 4 aromatic rings. The van der Waals surface area contributed by atoms with Crippen LogP contribution in [0.5, 0.6) is 11.5 Å². The molecule has 0 fully saturated rings. The predicted octanol–water partition coefficient (Wildman–Crippen LogP) is 6.19. The lowest BCUT2D eigenvalue weighted by Crippen LogP contribution is -2.14. The van der Waals surface area contributed by atoms with Crippen LogP contribution < -0.4 is 14.8 Å². The van der Waals surface area contributed by atoms with E-state index >= 15 is 0 Å². The molecule has 0 spiro atoms. The first-order chi connectivity index (χ1) is 17.9. The fourth-order valence-corrected chi connectivity index (χ4v) is 3.87. The minimum Gasteiger partial charge on any atom is -0.493 e. The number of hydrogen-bond donors (Lipinski definition) is 1. The maximum Gasteiger partial charge on any atom is 0.293 e. The Labute approximate surface area is 213 Å². The summed E-state index contributed by atoms with van der Waals surface area (Å²) in [6, 6.07) is 25.4. The van der Waals surface area contributed by atoms with Crippen LogP contribution in [0.25, 0.3) is 16.8 Å². The molecule has 0 saturated carbocycles. The highest BCUT2D eigenvalue weighted by Crippen LogP contribution is 2.31. The number of hydrogen-bond acceptors (Lipinski definition) is 6. The molecular weight excluding hydrogens is 470 g/mol. The Bertz CT molecular complexity index is 1560. The molecule has 0 aliphatic carbocycles. The number of aryl methyl sites for hydroxylation is 1. The minimum atomic E-state index is -0.760. The fraction of sp³-hybridized carbons (Fsp3) is 0.103. The third kappa shape index (κ3) is 5.74. The zero-order chi connectivity index (χ0) is 26.4. The predicted molar refractivity (Wildman–Crippen MR) is 141 cm³/mol. The molecule has 0 aliphatic rings. The molecule has 1 N–H and O–H groups in total. The highest BCUT2D eigenvalue weighted by atomic mass is 16.6. The van der Waals surface area contributed by atoms with Crippen LogP contribution in [-0.4, -0.2) is 17.9 Å². The molecule has 0 bridgehead atoms. The van der Waals surface area contributed by atoms with Crippen LogP contribution in [0.4, 0.5) is 11.4 Å². The van der Waals surface area contributed by atoms with Gasteiger partial charge < -0.3 is 14.8 Å². The van der Waals surface area contributed by atoms with E-state index < -0.39 is 10.8 Å². The molecule has 1 amide bonds. The molecule has 0 aromatic heterocycles. The number of methoxy groups -OCH3 is 1. The molecule has 0 aliphatic heterocycles. The number of ether oxygens (including phenoxy) is 2. The van der Waals surface area contributed by atoms with Gasteiger partial charge in [0.05, 0.1) is 12.0 Å². The van der Waals surface area contributed by atoms with E-state index in [0.29, 0.717) is 29.2 Å². The van der Waals surface area contributed by atoms with Gasteiger partial charge in [0.25, 0.3) is 11.6 Å². The van der Waals surface area contributed by atoms with E-state index in [0.717, 1.165) is 16.3 Å². The van der Waals surface area contributed by atoms with Gasteiger partial charge in [0.1, 0.15) is 23.9 Å². The highest BCUT2D eigenvalue weighted by Gasteiger charge is 2.18. The van der Waals surface area contributed by atoms with Gasteiger partial charge in [-0.15, -0.1) is 0 Å². The summed E-state index contributed by atoms with van der Waals surface area (Å²) in [6.45, 7) is 2.04. The number of nitro groups is 1. The second-order valence-corrected chi connectivity index (χ2v) is 8.24. The Morgan fingerprint density at radius 1 is 1.05 bits per heavy atom. The number of nitrogens with one attached hydrogen (secondary N) is 1. The zero-order valence-corrected chi connectivity index (χ0v) is 20.2. The van der Waals surface area contributed by atoms with E-state index in [2.05, 4.69) is 5.32 Å². The lowest BCUT2D eigenvalue weighted by atomic mass is 10.1. The van der Waals surface area contributed by atoms with E-state index in [1.165, 1.54) is 25.3 Å². The molecule has 0 unspecified atom stereocenters.